The molecular formula is C16H21N3. The number of nitrogens with zero attached hydrogens (tertiary/aromatic N) is 2. The third kappa shape index (κ3) is 2.59. The summed E-state index contributed by atoms with van der Waals surface area (Å²) in [6.07, 6.45) is 5.29. The van der Waals surface area contributed by atoms with Crippen molar-refractivity contribution < 1.29 is 0 Å². The fourth-order valence-electron chi connectivity index (χ4n) is 3.55. The topological polar surface area (TPSA) is 39.1 Å². The van der Waals surface area contributed by atoms with Gasteiger partial charge in [0.05, 0.1) is 11.6 Å². The van der Waals surface area contributed by atoms with E-state index < -0.39 is 0 Å². The molecule has 0 radical (unpaired) electrons. The molecule has 1 unspecified atom stereocenters. The van der Waals surface area contributed by atoms with E-state index in [1.54, 1.807) is 0 Å². The average molecular weight is 255 g/mol. The van der Waals surface area contributed by atoms with Gasteiger partial charge in [-0.3, -0.25) is 0 Å². The molecule has 3 nitrogen and oxygen atoms in total. The van der Waals surface area contributed by atoms with Gasteiger partial charge in [-0.1, -0.05) is 0 Å². The summed E-state index contributed by atoms with van der Waals surface area (Å²) in [7, 11) is 0. The molecule has 0 aromatic heterocycles. The number of hydrogen-bond donors (Lipinski definition) is 1. The zero-order valence-electron chi connectivity index (χ0n) is 11.4. The molecule has 1 N–H and O–H groups in total. The molecule has 3 rings (SSSR count). The molecule has 0 saturated carbocycles. The Bertz CT molecular complexity index is 460. The highest BCUT2D eigenvalue weighted by Gasteiger charge is 2.36. The molecule has 0 amide bonds. The van der Waals surface area contributed by atoms with Gasteiger partial charge in [0, 0.05) is 30.7 Å². The quantitative estimate of drug-likeness (QED) is 0.838. The second-order valence-electron chi connectivity index (χ2n) is 5.96. The van der Waals surface area contributed by atoms with Gasteiger partial charge in [0.25, 0.3) is 0 Å². The van der Waals surface area contributed by atoms with Gasteiger partial charge < -0.3 is 10.2 Å². The molecular weight excluding hydrogens is 234 g/mol. The Morgan fingerprint density at radius 3 is 2.63 bits per heavy atom. The van der Waals surface area contributed by atoms with Crippen LogP contribution >= 0.6 is 0 Å². The molecule has 1 spiro atoms. The van der Waals surface area contributed by atoms with Crippen molar-refractivity contribution in [3.63, 3.8) is 0 Å². The van der Waals surface area contributed by atoms with Crippen LogP contribution in [0.5, 0.6) is 0 Å². The monoisotopic (exact) mass is 255 g/mol. The summed E-state index contributed by atoms with van der Waals surface area (Å²) in [6.45, 7) is 4.65. The molecule has 1 atom stereocenters. The van der Waals surface area contributed by atoms with Crippen molar-refractivity contribution in [1.29, 1.82) is 5.26 Å². The van der Waals surface area contributed by atoms with Crippen LogP contribution in [0.2, 0.25) is 0 Å². The first-order valence-electron chi connectivity index (χ1n) is 7.27. The second kappa shape index (κ2) is 5.22. The number of nitrogens with one attached hydrogen (secondary N) is 1. The first-order chi connectivity index (χ1) is 9.31. The smallest absolute Gasteiger partial charge is 0.0991 e. The molecule has 1 aromatic rings. The highest BCUT2D eigenvalue weighted by Crippen LogP contribution is 2.37. The molecule has 0 aliphatic carbocycles. The molecule has 2 heterocycles. The Labute approximate surface area is 115 Å². The van der Waals surface area contributed by atoms with Crippen LogP contribution in [0.1, 0.15) is 31.2 Å². The lowest BCUT2D eigenvalue weighted by Crippen LogP contribution is -2.51. The summed E-state index contributed by atoms with van der Waals surface area (Å²) in [5, 5.41) is 12.4. The van der Waals surface area contributed by atoms with Crippen LogP contribution in [0.3, 0.4) is 0 Å². The zero-order chi connectivity index (χ0) is 13.1. The van der Waals surface area contributed by atoms with E-state index in [1.807, 2.05) is 12.1 Å². The third-order valence-electron chi connectivity index (χ3n) is 4.58. The molecule has 0 bridgehead atoms. The van der Waals surface area contributed by atoms with Gasteiger partial charge in [-0.15, -0.1) is 0 Å². The van der Waals surface area contributed by atoms with Crippen LogP contribution in [-0.4, -0.2) is 26.2 Å². The minimum Gasteiger partial charge on any atom is -0.371 e. The van der Waals surface area contributed by atoms with Gasteiger partial charge >= 0.3 is 0 Å². The van der Waals surface area contributed by atoms with Crippen molar-refractivity contribution >= 4 is 5.69 Å². The summed E-state index contributed by atoms with van der Waals surface area (Å²) in [5.41, 5.74) is 2.49. The van der Waals surface area contributed by atoms with E-state index >= 15 is 0 Å². The van der Waals surface area contributed by atoms with Crippen LogP contribution in [0, 0.1) is 16.7 Å². The maximum atomic E-state index is 8.87. The van der Waals surface area contributed by atoms with E-state index in [1.165, 1.54) is 44.5 Å². The van der Waals surface area contributed by atoms with Crippen molar-refractivity contribution in [2.45, 2.75) is 25.7 Å². The Kier molecular flexibility index (Phi) is 3.44. The van der Waals surface area contributed by atoms with E-state index in [2.05, 4.69) is 28.4 Å². The highest BCUT2D eigenvalue weighted by atomic mass is 15.2. The van der Waals surface area contributed by atoms with Gasteiger partial charge in [-0.05, 0) is 56.5 Å². The first-order valence-corrected chi connectivity index (χ1v) is 7.27. The Hall–Kier alpha value is -1.53. The minimum atomic E-state index is 0.477. The Balaban J connectivity index is 1.75. The fraction of sp³-hybridized carbons (Fsp3) is 0.562. The van der Waals surface area contributed by atoms with Gasteiger partial charge in [-0.25, -0.2) is 0 Å². The number of hydrogen-bond acceptors (Lipinski definition) is 3. The summed E-state index contributed by atoms with van der Waals surface area (Å²) >= 11 is 0. The lowest BCUT2D eigenvalue weighted by Gasteiger charge is -2.46. The summed E-state index contributed by atoms with van der Waals surface area (Å²) < 4.78 is 0. The van der Waals surface area contributed by atoms with Gasteiger partial charge in [0.15, 0.2) is 0 Å². The van der Waals surface area contributed by atoms with Crippen LogP contribution in [0.25, 0.3) is 0 Å². The van der Waals surface area contributed by atoms with Crippen molar-refractivity contribution in [2.75, 3.05) is 31.1 Å². The molecule has 2 aliphatic heterocycles. The SMILES string of the molecule is N#Cc1ccc(N2CCCC3(CCCNC3)C2)cc1. The second-order valence-corrected chi connectivity index (χ2v) is 5.96. The molecule has 2 saturated heterocycles. The largest absolute Gasteiger partial charge is 0.371 e. The molecule has 2 aliphatic rings. The first kappa shape index (κ1) is 12.5. The van der Waals surface area contributed by atoms with Gasteiger partial charge in [-0.2, -0.15) is 5.26 Å². The summed E-state index contributed by atoms with van der Waals surface area (Å²) in [4.78, 5) is 2.50. The van der Waals surface area contributed by atoms with E-state index in [0.717, 1.165) is 18.7 Å². The molecule has 19 heavy (non-hydrogen) atoms. The summed E-state index contributed by atoms with van der Waals surface area (Å²) in [5.74, 6) is 0. The number of anilines is 1. The van der Waals surface area contributed by atoms with E-state index in [9.17, 15) is 0 Å². The maximum absolute atomic E-state index is 8.87. The predicted octanol–water partition coefficient (Wildman–Crippen LogP) is 2.53. The van der Waals surface area contributed by atoms with E-state index in [-0.39, 0.29) is 0 Å². The van der Waals surface area contributed by atoms with E-state index in [4.69, 9.17) is 5.26 Å². The highest BCUT2D eigenvalue weighted by molar-refractivity contribution is 5.50. The zero-order valence-corrected chi connectivity index (χ0v) is 11.4. The van der Waals surface area contributed by atoms with Crippen molar-refractivity contribution in [1.82, 2.24) is 5.32 Å². The molecule has 1 aromatic carbocycles. The Morgan fingerprint density at radius 1 is 1.16 bits per heavy atom. The molecule has 100 valence electrons. The number of nitriles is 1. The maximum Gasteiger partial charge on any atom is 0.0991 e. The van der Waals surface area contributed by atoms with Crippen LogP contribution in [0.4, 0.5) is 5.69 Å². The van der Waals surface area contributed by atoms with Crippen molar-refractivity contribution in [2.24, 2.45) is 5.41 Å². The summed E-state index contributed by atoms with van der Waals surface area (Å²) in [6, 6.07) is 10.2. The third-order valence-corrected chi connectivity index (χ3v) is 4.58. The molecule has 3 heteroatoms. The standard InChI is InChI=1S/C16H21N3/c17-11-14-3-5-15(6-4-14)19-10-2-8-16(13-19)7-1-9-18-12-16/h3-6,18H,1-2,7-10,12-13H2. The predicted molar refractivity (Wildman–Crippen MR) is 77.1 cm³/mol. The van der Waals surface area contributed by atoms with Gasteiger partial charge in [0.1, 0.15) is 0 Å². The lowest BCUT2D eigenvalue weighted by molar-refractivity contribution is 0.173. The number of piperidine rings is 2. The fourth-order valence-corrected chi connectivity index (χ4v) is 3.55. The minimum absolute atomic E-state index is 0.477. The van der Waals surface area contributed by atoms with E-state index in [0.29, 0.717) is 5.41 Å². The lowest BCUT2D eigenvalue weighted by atomic mass is 9.74. The van der Waals surface area contributed by atoms with Crippen LogP contribution < -0.4 is 10.2 Å². The average Bonchev–Trinajstić information content (AvgIpc) is 2.48. The van der Waals surface area contributed by atoms with Crippen molar-refractivity contribution in [3.05, 3.63) is 29.8 Å². The Morgan fingerprint density at radius 2 is 1.95 bits per heavy atom. The van der Waals surface area contributed by atoms with Gasteiger partial charge in [0.2, 0.25) is 0 Å². The van der Waals surface area contributed by atoms with Crippen LogP contribution in [-0.2, 0) is 0 Å². The number of rotatable bonds is 1. The molecule has 2 fully saturated rings. The number of benzene rings is 1. The van der Waals surface area contributed by atoms with Crippen LogP contribution in [0.15, 0.2) is 24.3 Å². The normalized spacial score (nSPS) is 27.2. The van der Waals surface area contributed by atoms with Crippen molar-refractivity contribution in [3.8, 4) is 6.07 Å².